The van der Waals surface area contributed by atoms with E-state index in [4.69, 9.17) is 11.6 Å². The molecule has 0 spiro atoms. The summed E-state index contributed by atoms with van der Waals surface area (Å²) in [5.74, 6) is 0.0369. The van der Waals surface area contributed by atoms with Crippen LogP contribution in [0.5, 0.6) is 0 Å². The number of nitrogens with zero attached hydrogens (tertiary/aromatic N) is 1. The first-order valence-electron chi connectivity index (χ1n) is 4.48. The number of pyridine rings is 1. The molecule has 84 valence electrons. The Morgan fingerprint density at radius 3 is 2.87 bits per heavy atom. The van der Waals surface area contributed by atoms with Crippen LogP contribution in [0.15, 0.2) is 18.5 Å². The van der Waals surface area contributed by atoms with Crippen LogP contribution in [0, 0.1) is 6.92 Å². The lowest BCUT2D eigenvalue weighted by molar-refractivity contribution is 0.582. The minimum absolute atomic E-state index is 0.0616. The monoisotopic (exact) mass is 248 g/mol. The van der Waals surface area contributed by atoms with Crippen LogP contribution >= 0.6 is 11.6 Å². The molecule has 0 aliphatic heterocycles. The Morgan fingerprint density at radius 2 is 2.27 bits per heavy atom. The lowest BCUT2D eigenvalue weighted by Crippen LogP contribution is -2.26. The smallest absolute Gasteiger partial charge is 0.213 e. The fourth-order valence-corrected chi connectivity index (χ4v) is 2.38. The molecule has 0 aliphatic carbocycles. The molecule has 0 saturated heterocycles. The molecule has 0 aliphatic rings. The molecule has 0 atom stereocenters. The van der Waals surface area contributed by atoms with E-state index in [9.17, 15) is 8.42 Å². The number of hydrogen-bond donors (Lipinski definition) is 1. The molecule has 0 radical (unpaired) electrons. The average molecular weight is 249 g/mol. The van der Waals surface area contributed by atoms with Crippen molar-refractivity contribution in [2.24, 2.45) is 0 Å². The van der Waals surface area contributed by atoms with E-state index in [1.807, 2.05) is 13.0 Å². The molecule has 1 aromatic heterocycles. The van der Waals surface area contributed by atoms with Gasteiger partial charge in [0.2, 0.25) is 10.0 Å². The summed E-state index contributed by atoms with van der Waals surface area (Å²) >= 11 is 5.37. The van der Waals surface area contributed by atoms with Crippen molar-refractivity contribution in [2.75, 3.05) is 11.6 Å². The molecule has 0 saturated carbocycles. The fourth-order valence-electron chi connectivity index (χ4n) is 1.04. The first kappa shape index (κ1) is 12.4. The second kappa shape index (κ2) is 5.44. The van der Waals surface area contributed by atoms with Crippen molar-refractivity contribution in [2.45, 2.75) is 13.5 Å². The Bertz CT molecular complexity index is 420. The second-order valence-corrected chi connectivity index (χ2v) is 5.44. The minimum atomic E-state index is -3.26. The maximum absolute atomic E-state index is 11.3. The van der Waals surface area contributed by atoms with E-state index in [2.05, 4.69) is 9.71 Å². The highest BCUT2D eigenvalue weighted by Crippen LogP contribution is 2.04. The second-order valence-electron chi connectivity index (χ2n) is 3.13. The Balaban J connectivity index is 2.62. The van der Waals surface area contributed by atoms with Gasteiger partial charge < -0.3 is 0 Å². The number of halogens is 1. The SMILES string of the molecule is Cc1ccncc1CNS(=O)(=O)CCCl. The van der Waals surface area contributed by atoms with Crippen molar-refractivity contribution >= 4 is 21.6 Å². The van der Waals surface area contributed by atoms with E-state index in [0.717, 1.165) is 11.1 Å². The fraction of sp³-hybridized carbons (Fsp3) is 0.444. The molecule has 0 bridgehead atoms. The van der Waals surface area contributed by atoms with Gasteiger partial charge in [-0.1, -0.05) is 0 Å². The number of sulfonamides is 1. The van der Waals surface area contributed by atoms with Gasteiger partial charge in [-0.15, -0.1) is 11.6 Å². The molecule has 15 heavy (non-hydrogen) atoms. The van der Waals surface area contributed by atoms with Gasteiger partial charge in [0.1, 0.15) is 0 Å². The van der Waals surface area contributed by atoms with Gasteiger partial charge in [0.05, 0.1) is 5.75 Å². The molecule has 0 aromatic carbocycles. The molecule has 4 nitrogen and oxygen atoms in total. The largest absolute Gasteiger partial charge is 0.264 e. The summed E-state index contributed by atoms with van der Waals surface area (Å²) in [4.78, 5) is 3.93. The lowest BCUT2D eigenvalue weighted by atomic mass is 10.2. The first-order chi connectivity index (χ1) is 7.05. The molecular weight excluding hydrogens is 236 g/mol. The highest BCUT2D eigenvalue weighted by Gasteiger charge is 2.09. The number of aromatic nitrogens is 1. The van der Waals surface area contributed by atoms with Crippen LogP contribution in [-0.2, 0) is 16.6 Å². The van der Waals surface area contributed by atoms with Crippen molar-refractivity contribution in [3.8, 4) is 0 Å². The maximum atomic E-state index is 11.3. The van der Waals surface area contributed by atoms with E-state index < -0.39 is 10.0 Å². The predicted octanol–water partition coefficient (Wildman–Crippen LogP) is 1.05. The number of rotatable bonds is 5. The van der Waals surface area contributed by atoms with Crippen molar-refractivity contribution in [3.05, 3.63) is 29.6 Å². The quantitative estimate of drug-likeness (QED) is 0.793. The zero-order chi connectivity index (χ0) is 11.3. The van der Waals surface area contributed by atoms with Gasteiger partial charge in [-0.2, -0.15) is 0 Å². The van der Waals surface area contributed by atoms with E-state index in [0.29, 0.717) is 0 Å². The Kier molecular flexibility index (Phi) is 4.50. The predicted molar refractivity (Wildman–Crippen MR) is 60.3 cm³/mol. The summed E-state index contributed by atoms with van der Waals surface area (Å²) in [5.41, 5.74) is 1.88. The summed E-state index contributed by atoms with van der Waals surface area (Å²) in [7, 11) is -3.26. The Labute approximate surface area is 94.7 Å². The Hall–Kier alpha value is -0.650. The molecule has 1 heterocycles. The normalized spacial score (nSPS) is 11.6. The summed E-state index contributed by atoms with van der Waals surface area (Å²) in [6.07, 6.45) is 3.32. The third-order valence-electron chi connectivity index (χ3n) is 1.98. The third-order valence-corrected chi connectivity index (χ3v) is 3.71. The minimum Gasteiger partial charge on any atom is -0.264 e. The van der Waals surface area contributed by atoms with Crippen LogP contribution in [0.4, 0.5) is 0 Å². The van der Waals surface area contributed by atoms with Crippen molar-refractivity contribution in [1.82, 2.24) is 9.71 Å². The third kappa shape index (κ3) is 4.15. The van der Waals surface area contributed by atoms with Crippen LogP contribution in [0.1, 0.15) is 11.1 Å². The van der Waals surface area contributed by atoms with Crippen LogP contribution in [0.2, 0.25) is 0 Å². The van der Waals surface area contributed by atoms with E-state index in [-0.39, 0.29) is 18.2 Å². The zero-order valence-electron chi connectivity index (χ0n) is 8.40. The number of nitrogens with one attached hydrogen (secondary N) is 1. The van der Waals surface area contributed by atoms with Crippen LogP contribution in [0.25, 0.3) is 0 Å². The van der Waals surface area contributed by atoms with Gasteiger partial charge in [0.25, 0.3) is 0 Å². The summed E-state index contributed by atoms with van der Waals surface area (Å²) in [6, 6.07) is 1.84. The van der Waals surface area contributed by atoms with E-state index in [1.54, 1.807) is 12.4 Å². The van der Waals surface area contributed by atoms with Gasteiger partial charge in [0.15, 0.2) is 0 Å². The van der Waals surface area contributed by atoms with Crippen LogP contribution < -0.4 is 4.72 Å². The lowest BCUT2D eigenvalue weighted by Gasteiger charge is -2.06. The highest BCUT2D eigenvalue weighted by molar-refractivity contribution is 7.89. The average Bonchev–Trinajstić information content (AvgIpc) is 2.16. The van der Waals surface area contributed by atoms with Gasteiger partial charge >= 0.3 is 0 Å². The number of aryl methyl sites for hydroxylation is 1. The number of alkyl halides is 1. The van der Waals surface area contributed by atoms with Gasteiger partial charge in [0, 0.05) is 24.8 Å². The van der Waals surface area contributed by atoms with E-state index >= 15 is 0 Å². The first-order valence-corrected chi connectivity index (χ1v) is 6.66. The molecule has 1 rings (SSSR count). The maximum Gasteiger partial charge on any atom is 0.213 e. The standard InChI is InChI=1S/C9H13ClN2O2S/c1-8-2-4-11-6-9(8)7-12-15(13,14)5-3-10/h2,4,6,12H,3,5,7H2,1H3. The highest BCUT2D eigenvalue weighted by atomic mass is 35.5. The van der Waals surface area contributed by atoms with Gasteiger partial charge in [-0.05, 0) is 24.1 Å². The summed E-state index contributed by atoms with van der Waals surface area (Å²) < 4.78 is 25.1. The molecule has 0 amide bonds. The molecule has 1 aromatic rings. The summed E-state index contributed by atoms with van der Waals surface area (Å²) in [6.45, 7) is 2.17. The van der Waals surface area contributed by atoms with Crippen molar-refractivity contribution in [3.63, 3.8) is 0 Å². The summed E-state index contributed by atoms with van der Waals surface area (Å²) in [5, 5.41) is 0. The van der Waals surface area contributed by atoms with E-state index in [1.165, 1.54) is 0 Å². The molecule has 0 unspecified atom stereocenters. The molecular formula is C9H13ClN2O2S. The van der Waals surface area contributed by atoms with Crippen molar-refractivity contribution in [1.29, 1.82) is 0 Å². The molecule has 0 fully saturated rings. The number of hydrogen-bond acceptors (Lipinski definition) is 3. The van der Waals surface area contributed by atoms with Crippen LogP contribution in [-0.4, -0.2) is 25.0 Å². The molecule has 6 heteroatoms. The topological polar surface area (TPSA) is 59.1 Å². The van der Waals surface area contributed by atoms with Crippen LogP contribution in [0.3, 0.4) is 0 Å². The zero-order valence-corrected chi connectivity index (χ0v) is 9.98. The molecule has 1 N–H and O–H groups in total. The van der Waals surface area contributed by atoms with Crippen molar-refractivity contribution < 1.29 is 8.42 Å². The Morgan fingerprint density at radius 1 is 1.53 bits per heavy atom. The van der Waals surface area contributed by atoms with Gasteiger partial charge in [-0.25, -0.2) is 13.1 Å². The van der Waals surface area contributed by atoms with Gasteiger partial charge in [-0.3, -0.25) is 4.98 Å².